The normalized spacial score (nSPS) is 26.7. The Labute approximate surface area is 151 Å². The Morgan fingerprint density at radius 3 is 2.36 bits per heavy atom. The van der Waals surface area contributed by atoms with Crippen molar-refractivity contribution in [3.63, 3.8) is 0 Å². The van der Waals surface area contributed by atoms with Crippen LogP contribution in [0.5, 0.6) is 0 Å². The number of ether oxygens (including phenoxy) is 2. The first-order valence-corrected chi connectivity index (χ1v) is 9.49. The van der Waals surface area contributed by atoms with E-state index in [9.17, 15) is 0 Å². The Kier molecular flexibility index (Phi) is 5.92. The molecule has 1 aromatic carbocycles. The zero-order valence-corrected chi connectivity index (χ0v) is 15.6. The van der Waals surface area contributed by atoms with Gasteiger partial charge >= 0.3 is 0 Å². The average molecular weight is 342 g/mol. The van der Waals surface area contributed by atoms with Crippen LogP contribution in [-0.2, 0) is 22.4 Å². The van der Waals surface area contributed by atoms with Crippen LogP contribution in [0.2, 0.25) is 0 Å². The van der Waals surface area contributed by atoms with Crippen LogP contribution in [0, 0.1) is 6.92 Å². The van der Waals surface area contributed by atoms with Gasteiger partial charge in [0, 0.05) is 25.2 Å². The zero-order chi connectivity index (χ0) is 17.7. The Bertz CT molecular complexity index is 624. The molecule has 0 radical (unpaired) electrons. The predicted molar refractivity (Wildman–Crippen MR) is 99.4 cm³/mol. The van der Waals surface area contributed by atoms with Crippen LogP contribution in [0.3, 0.4) is 0 Å². The summed E-state index contributed by atoms with van der Waals surface area (Å²) in [5.74, 6) is -0.578. The molecule has 1 aliphatic heterocycles. The van der Waals surface area contributed by atoms with Gasteiger partial charge in [-0.3, -0.25) is 0 Å². The molecule has 0 aliphatic carbocycles. The quantitative estimate of drug-likeness (QED) is 0.742. The maximum absolute atomic E-state index is 6.50. The Morgan fingerprint density at radius 2 is 1.80 bits per heavy atom. The molecule has 0 N–H and O–H groups in total. The highest BCUT2D eigenvalue weighted by Gasteiger charge is 2.41. The maximum atomic E-state index is 6.50. The molecule has 2 aromatic rings. The number of imidazole rings is 1. The smallest absolute Gasteiger partial charge is 0.187 e. The van der Waals surface area contributed by atoms with Gasteiger partial charge in [-0.05, 0) is 31.7 Å². The third-order valence-electron chi connectivity index (χ3n) is 5.10. The van der Waals surface area contributed by atoms with E-state index < -0.39 is 5.79 Å². The highest BCUT2D eigenvalue weighted by Crippen LogP contribution is 2.35. The number of benzene rings is 1. The molecule has 0 amide bonds. The van der Waals surface area contributed by atoms with Crippen LogP contribution in [-0.4, -0.2) is 27.5 Å². The molecule has 2 unspecified atom stereocenters. The van der Waals surface area contributed by atoms with E-state index in [1.165, 1.54) is 11.1 Å². The molecular weight excluding hydrogens is 312 g/mol. The number of hydrogen-bond donors (Lipinski definition) is 0. The molecule has 1 aliphatic rings. The van der Waals surface area contributed by atoms with Crippen molar-refractivity contribution >= 4 is 0 Å². The molecule has 136 valence electrons. The first-order valence-electron chi connectivity index (χ1n) is 9.49. The predicted octanol–water partition coefficient (Wildman–Crippen LogP) is 4.51. The SMILES string of the molecule is CCC1CC(CC)OC(CCc2ccc(C)cc2)(Cn2ccnc2)O1. The zero-order valence-electron chi connectivity index (χ0n) is 15.6. The van der Waals surface area contributed by atoms with Gasteiger partial charge in [-0.2, -0.15) is 0 Å². The number of hydrogen-bond acceptors (Lipinski definition) is 3. The molecule has 1 fully saturated rings. The van der Waals surface area contributed by atoms with Gasteiger partial charge in [0.05, 0.1) is 25.1 Å². The fourth-order valence-corrected chi connectivity index (χ4v) is 3.54. The van der Waals surface area contributed by atoms with E-state index in [-0.39, 0.29) is 12.2 Å². The van der Waals surface area contributed by atoms with E-state index in [0.717, 1.165) is 32.1 Å². The summed E-state index contributed by atoms with van der Waals surface area (Å²) in [6.07, 6.45) is 11.0. The molecule has 1 aromatic heterocycles. The van der Waals surface area contributed by atoms with Crippen LogP contribution in [0.1, 0.15) is 50.7 Å². The highest BCUT2D eigenvalue weighted by atomic mass is 16.7. The van der Waals surface area contributed by atoms with Crippen molar-refractivity contribution in [2.75, 3.05) is 0 Å². The maximum Gasteiger partial charge on any atom is 0.187 e. The van der Waals surface area contributed by atoms with Gasteiger partial charge in [0.1, 0.15) is 0 Å². The first kappa shape index (κ1) is 18.2. The number of aromatic nitrogens is 2. The van der Waals surface area contributed by atoms with Crippen molar-refractivity contribution in [2.45, 2.75) is 77.4 Å². The van der Waals surface area contributed by atoms with Crippen LogP contribution in [0.15, 0.2) is 43.0 Å². The monoisotopic (exact) mass is 342 g/mol. The standard InChI is InChI=1S/C21H30N2O2/c1-4-19-14-20(5-2)25-21(24-19,15-23-13-12-22-16-23)11-10-18-8-6-17(3)7-9-18/h6-9,12-13,16,19-20H,4-5,10-11,14-15H2,1-3H3. The third-order valence-corrected chi connectivity index (χ3v) is 5.10. The number of aryl methyl sites for hydroxylation is 2. The highest BCUT2D eigenvalue weighted by molar-refractivity contribution is 5.21. The van der Waals surface area contributed by atoms with Gasteiger partial charge in [-0.15, -0.1) is 0 Å². The second-order valence-corrected chi connectivity index (χ2v) is 7.16. The summed E-state index contributed by atoms with van der Waals surface area (Å²) in [5.41, 5.74) is 2.62. The lowest BCUT2D eigenvalue weighted by molar-refractivity contribution is -0.326. The van der Waals surface area contributed by atoms with Crippen LogP contribution >= 0.6 is 0 Å². The largest absolute Gasteiger partial charge is 0.345 e. The van der Waals surface area contributed by atoms with Gasteiger partial charge in [0.25, 0.3) is 0 Å². The van der Waals surface area contributed by atoms with E-state index in [1.54, 1.807) is 0 Å². The molecule has 0 spiro atoms. The molecule has 3 rings (SSSR count). The molecule has 25 heavy (non-hydrogen) atoms. The van der Waals surface area contributed by atoms with Crippen molar-refractivity contribution in [3.05, 3.63) is 54.1 Å². The van der Waals surface area contributed by atoms with Crippen molar-refractivity contribution in [1.82, 2.24) is 9.55 Å². The molecule has 2 atom stereocenters. The molecule has 4 heteroatoms. The average Bonchev–Trinajstić information content (AvgIpc) is 3.13. The van der Waals surface area contributed by atoms with Crippen molar-refractivity contribution in [2.24, 2.45) is 0 Å². The van der Waals surface area contributed by atoms with Gasteiger partial charge in [-0.25, -0.2) is 4.98 Å². The van der Waals surface area contributed by atoms with Crippen LogP contribution in [0.4, 0.5) is 0 Å². The minimum absolute atomic E-state index is 0.264. The third kappa shape index (κ3) is 4.71. The molecule has 2 heterocycles. The summed E-state index contributed by atoms with van der Waals surface area (Å²) in [5, 5.41) is 0. The van der Waals surface area contributed by atoms with E-state index in [1.807, 2.05) is 18.7 Å². The molecule has 4 nitrogen and oxygen atoms in total. The number of nitrogens with zero attached hydrogens (tertiary/aromatic N) is 2. The lowest BCUT2D eigenvalue weighted by Gasteiger charge is -2.45. The Morgan fingerprint density at radius 1 is 1.12 bits per heavy atom. The second kappa shape index (κ2) is 8.15. The van der Waals surface area contributed by atoms with Crippen molar-refractivity contribution in [1.29, 1.82) is 0 Å². The minimum atomic E-state index is -0.578. The minimum Gasteiger partial charge on any atom is -0.345 e. The topological polar surface area (TPSA) is 36.3 Å². The Hall–Kier alpha value is -1.65. The summed E-state index contributed by atoms with van der Waals surface area (Å²) in [7, 11) is 0. The van der Waals surface area contributed by atoms with Crippen LogP contribution < -0.4 is 0 Å². The first-order chi connectivity index (χ1) is 12.1. The van der Waals surface area contributed by atoms with Crippen molar-refractivity contribution < 1.29 is 9.47 Å². The van der Waals surface area contributed by atoms with E-state index in [2.05, 4.69) is 54.6 Å². The molecular formula is C21H30N2O2. The molecule has 0 bridgehead atoms. The van der Waals surface area contributed by atoms with Crippen molar-refractivity contribution in [3.8, 4) is 0 Å². The summed E-state index contributed by atoms with van der Waals surface area (Å²) in [4.78, 5) is 4.18. The Balaban J connectivity index is 1.79. The number of rotatable bonds is 7. The van der Waals surface area contributed by atoms with Gasteiger partial charge < -0.3 is 14.0 Å². The fourth-order valence-electron chi connectivity index (χ4n) is 3.54. The van der Waals surface area contributed by atoms with E-state index >= 15 is 0 Å². The summed E-state index contributed by atoms with van der Waals surface area (Å²) >= 11 is 0. The lowest BCUT2D eigenvalue weighted by Crippen LogP contribution is -2.51. The van der Waals surface area contributed by atoms with E-state index in [0.29, 0.717) is 6.54 Å². The van der Waals surface area contributed by atoms with Gasteiger partial charge in [0.15, 0.2) is 5.79 Å². The molecule has 0 saturated carbocycles. The van der Waals surface area contributed by atoms with Gasteiger partial charge in [-0.1, -0.05) is 43.7 Å². The van der Waals surface area contributed by atoms with Gasteiger partial charge in [0.2, 0.25) is 0 Å². The van der Waals surface area contributed by atoms with E-state index in [4.69, 9.17) is 9.47 Å². The summed E-state index contributed by atoms with van der Waals surface area (Å²) in [6, 6.07) is 8.75. The summed E-state index contributed by atoms with van der Waals surface area (Å²) < 4.78 is 15.1. The summed E-state index contributed by atoms with van der Waals surface area (Å²) in [6.45, 7) is 7.20. The molecule has 1 saturated heterocycles. The fraction of sp³-hybridized carbons (Fsp3) is 0.571. The second-order valence-electron chi connectivity index (χ2n) is 7.16. The lowest BCUT2D eigenvalue weighted by atomic mass is 9.98. The van der Waals surface area contributed by atoms with Crippen LogP contribution in [0.25, 0.3) is 0 Å².